The zero-order valence-corrected chi connectivity index (χ0v) is 10.9. The lowest BCUT2D eigenvalue weighted by Gasteiger charge is -1.97. The van der Waals surface area contributed by atoms with E-state index in [-0.39, 0.29) is 5.82 Å². The van der Waals surface area contributed by atoms with Gasteiger partial charge in [0.1, 0.15) is 5.82 Å². The van der Waals surface area contributed by atoms with Gasteiger partial charge in [-0.2, -0.15) is 0 Å². The van der Waals surface area contributed by atoms with E-state index in [0.717, 1.165) is 17.7 Å². The predicted molar refractivity (Wildman–Crippen MR) is 72.9 cm³/mol. The average Bonchev–Trinajstić information content (AvgIpc) is 2.85. The van der Waals surface area contributed by atoms with Gasteiger partial charge in [-0.15, -0.1) is 11.3 Å². The molecule has 0 aliphatic carbocycles. The molecule has 0 spiro atoms. The van der Waals surface area contributed by atoms with Gasteiger partial charge in [-0.05, 0) is 24.3 Å². The van der Waals surface area contributed by atoms with Gasteiger partial charge >= 0.3 is 5.97 Å². The summed E-state index contributed by atoms with van der Waals surface area (Å²) in [5, 5.41) is 12.9. The summed E-state index contributed by atoms with van der Waals surface area (Å²) in [7, 11) is 0. The summed E-state index contributed by atoms with van der Waals surface area (Å²) in [6.45, 7) is 0. The van der Waals surface area contributed by atoms with Crippen molar-refractivity contribution in [2.45, 2.75) is 0 Å². The first-order chi connectivity index (χ1) is 9.54. The molecular formula is C13H9FN2O3S. The van der Waals surface area contributed by atoms with Crippen molar-refractivity contribution < 1.29 is 19.1 Å². The van der Waals surface area contributed by atoms with Crippen LogP contribution in [0.2, 0.25) is 0 Å². The number of halogens is 1. The van der Waals surface area contributed by atoms with Gasteiger partial charge in [0.05, 0.1) is 5.69 Å². The number of amides is 1. The Hall–Kier alpha value is -2.54. The molecule has 0 saturated carbocycles. The van der Waals surface area contributed by atoms with Gasteiger partial charge in [-0.3, -0.25) is 10.1 Å². The van der Waals surface area contributed by atoms with Crippen molar-refractivity contribution >= 4 is 28.3 Å². The van der Waals surface area contributed by atoms with E-state index in [1.165, 1.54) is 23.5 Å². The molecule has 1 heterocycles. The Bertz CT molecular complexity index is 665. The second kappa shape index (κ2) is 6.07. The summed E-state index contributed by atoms with van der Waals surface area (Å²) >= 11 is 1.19. The summed E-state index contributed by atoms with van der Waals surface area (Å²) in [6.07, 6.45) is 1.64. The molecule has 1 amide bonds. The highest BCUT2D eigenvalue weighted by molar-refractivity contribution is 7.14. The zero-order valence-electron chi connectivity index (χ0n) is 10.0. The Labute approximate surface area is 117 Å². The summed E-state index contributed by atoms with van der Waals surface area (Å²) in [5.41, 5.74) is 1.33. The molecule has 7 heteroatoms. The largest absolute Gasteiger partial charge is 0.478 e. The second-order valence-electron chi connectivity index (χ2n) is 3.71. The van der Waals surface area contributed by atoms with Crippen molar-refractivity contribution in [3.05, 3.63) is 47.6 Å². The van der Waals surface area contributed by atoms with Crippen LogP contribution in [-0.4, -0.2) is 22.0 Å². The third-order valence-corrected chi connectivity index (χ3v) is 3.01. The van der Waals surface area contributed by atoms with Crippen LogP contribution in [0.5, 0.6) is 0 Å². The number of carbonyl (C=O) groups is 2. The van der Waals surface area contributed by atoms with E-state index in [1.54, 1.807) is 17.5 Å². The van der Waals surface area contributed by atoms with Crippen LogP contribution in [0.1, 0.15) is 0 Å². The van der Waals surface area contributed by atoms with E-state index < -0.39 is 11.9 Å². The predicted octanol–water partition coefficient (Wildman–Crippen LogP) is 2.53. The molecule has 2 rings (SSSR count). The number of hydrogen-bond acceptors (Lipinski definition) is 4. The molecule has 2 aromatic rings. The number of nitrogens with one attached hydrogen (secondary N) is 1. The highest BCUT2D eigenvalue weighted by Crippen LogP contribution is 2.24. The number of carboxylic acid groups (broad SMARTS) is 1. The fourth-order valence-electron chi connectivity index (χ4n) is 1.38. The van der Waals surface area contributed by atoms with E-state index in [0.29, 0.717) is 10.8 Å². The molecule has 1 aromatic carbocycles. The van der Waals surface area contributed by atoms with Crippen LogP contribution in [0.3, 0.4) is 0 Å². The second-order valence-corrected chi connectivity index (χ2v) is 4.56. The first-order valence-corrected chi connectivity index (χ1v) is 6.36. The molecule has 1 aromatic heterocycles. The van der Waals surface area contributed by atoms with Gasteiger partial charge in [0.25, 0.3) is 0 Å². The monoisotopic (exact) mass is 292 g/mol. The number of carboxylic acids is 1. The Kier molecular flexibility index (Phi) is 4.21. The molecule has 2 N–H and O–H groups in total. The zero-order chi connectivity index (χ0) is 14.5. The summed E-state index contributed by atoms with van der Waals surface area (Å²) < 4.78 is 12.8. The van der Waals surface area contributed by atoms with Gasteiger partial charge in [0.15, 0.2) is 5.13 Å². The Morgan fingerprint density at radius 3 is 2.60 bits per heavy atom. The van der Waals surface area contributed by atoms with Crippen LogP contribution < -0.4 is 5.32 Å². The fourth-order valence-corrected chi connectivity index (χ4v) is 2.10. The molecule has 102 valence electrons. The number of benzene rings is 1. The molecule has 0 radical (unpaired) electrons. The van der Waals surface area contributed by atoms with Gasteiger partial charge in [-0.25, -0.2) is 14.2 Å². The number of thiazole rings is 1. The van der Waals surface area contributed by atoms with E-state index in [4.69, 9.17) is 5.11 Å². The van der Waals surface area contributed by atoms with Crippen LogP contribution in [0, 0.1) is 5.82 Å². The molecule has 0 atom stereocenters. The lowest BCUT2D eigenvalue weighted by Crippen LogP contribution is -2.08. The van der Waals surface area contributed by atoms with Gasteiger partial charge in [0.2, 0.25) is 5.91 Å². The minimum Gasteiger partial charge on any atom is -0.478 e. The minimum atomic E-state index is -1.20. The number of carbonyl (C=O) groups excluding carboxylic acids is 1. The lowest BCUT2D eigenvalue weighted by molar-refractivity contribution is -0.131. The standard InChI is InChI=1S/C13H9FN2O3S/c14-9-3-1-8(2-4-9)10-7-20-13(15-10)16-11(17)5-6-12(18)19/h1-7H,(H,18,19)(H,15,16,17)/b6-5-. The average molecular weight is 292 g/mol. The molecule has 0 saturated heterocycles. The van der Waals surface area contributed by atoms with Crippen molar-refractivity contribution in [2.75, 3.05) is 5.32 Å². The smallest absolute Gasteiger partial charge is 0.328 e. The topological polar surface area (TPSA) is 79.3 Å². The van der Waals surface area contributed by atoms with Crippen molar-refractivity contribution in [1.82, 2.24) is 4.98 Å². The van der Waals surface area contributed by atoms with E-state index in [9.17, 15) is 14.0 Å². The first-order valence-electron chi connectivity index (χ1n) is 5.48. The number of aromatic nitrogens is 1. The normalized spacial score (nSPS) is 10.7. The van der Waals surface area contributed by atoms with Crippen LogP contribution in [-0.2, 0) is 9.59 Å². The highest BCUT2D eigenvalue weighted by atomic mass is 32.1. The molecule has 0 fully saturated rings. The van der Waals surface area contributed by atoms with Gasteiger partial charge < -0.3 is 5.11 Å². The highest BCUT2D eigenvalue weighted by Gasteiger charge is 2.06. The third kappa shape index (κ3) is 3.72. The number of hydrogen-bond donors (Lipinski definition) is 2. The van der Waals surface area contributed by atoms with Crippen molar-refractivity contribution in [3.8, 4) is 11.3 Å². The van der Waals surface area contributed by atoms with Crippen molar-refractivity contribution in [2.24, 2.45) is 0 Å². The number of rotatable bonds is 4. The fraction of sp³-hybridized carbons (Fsp3) is 0. The van der Waals surface area contributed by atoms with E-state index in [2.05, 4.69) is 10.3 Å². The Morgan fingerprint density at radius 1 is 1.25 bits per heavy atom. The number of nitrogens with zero attached hydrogens (tertiary/aromatic N) is 1. The maximum Gasteiger partial charge on any atom is 0.328 e. The van der Waals surface area contributed by atoms with E-state index >= 15 is 0 Å². The molecular weight excluding hydrogens is 283 g/mol. The number of aliphatic carboxylic acids is 1. The maximum atomic E-state index is 12.8. The molecule has 0 unspecified atom stereocenters. The Balaban J connectivity index is 2.07. The van der Waals surface area contributed by atoms with E-state index in [1.807, 2.05) is 0 Å². The van der Waals surface area contributed by atoms with Crippen LogP contribution in [0.25, 0.3) is 11.3 Å². The molecule has 0 aliphatic rings. The maximum absolute atomic E-state index is 12.8. The SMILES string of the molecule is O=C(O)/C=C\C(=O)Nc1nc(-c2ccc(F)cc2)cs1. The van der Waals surface area contributed by atoms with Gasteiger partial charge in [-0.1, -0.05) is 0 Å². The van der Waals surface area contributed by atoms with Crippen LogP contribution in [0.15, 0.2) is 41.8 Å². The molecule has 0 aliphatic heterocycles. The van der Waals surface area contributed by atoms with Crippen LogP contribution in [0.4, 0.5) is 9.52 Å². The van der Waals surface area contributed by atoms with Crippen molar-refractivity contribution in [3.63, 3.8) is 0 Å². The summed E-state index contributed by atoms with van der Waals surface area (Å²) in [4.78, 5) is 25.8. The molecule has 0 bridgehead atoms. The van der Waals surface area contributed by atoms with Crippen molar-refractivity contribution in [1.29, 1.82) is 0 Å². The molecule has 5 nitrogen and oxygen atoms in total. The summed E-state index contributed by atoms with van der Waals surface area (Å²) in [5.74, 6) is -2.12. The molecule has 20 heavy (non-hydrogen) atoms. The number of anilines is 1. The summed E-state index contributed by atoms with van der Waals surface area (Å²) in [6, 6.07) is 5.81. The third-order valence-electron chi connectivity index (χ3n) is 2.25. The lowest BCUT2D eigenvalue weighted by atomic mass is 10.2. The first kappa shape index (κ1) is 13.9. The van der Waals surface area contributed by atoms with Crippen LogP contribution >= 0.6 is 11.3 Å². The van der Waals surface area contributed by atoms with Gasteiger partial charge in [0, 0.05) is 23.1 Å². The Morgan fingerprint density at radius 2 is 1.95 bits per heavy atom. The quantitative estimate of drug-likeness (QED) is 0.849. The minimum absolute atomic E-state index is 0.337.